The maximum Gasteiger partial charge on any atom is 0.165 e. The van der Waals surface area contributed by atoms with Crippen LogP contribution in [0, 0.1) is 0 Å². The van der Waals surface area contributed by atoms with Crippen molar-refractivity contribution in [2.75, 3.05) is 0 Å². The molecule has 2 rings (SSSR count). The van der Waals surface area contributed by atoms with Gasteiger partial charge in [-0.25, -0.2) is 0 Å². The van der Waals surface area contributed by atoms with Gasteiger partial charge in [0.1, 0.15) is 5.69 Å². The Morgan fingerprint density at radius 2 is 1.89 bits per heavy atom. The molecule has 1 aromatic carbocycles. The van der Waals surface area contributed by atoms with Gasteiger partial charge >= 0.3 is 0 Å². The van der Waals surface area contributed by atoms with Crippen molar-refractivity contribution in [3.05, 3.63) is 36.0 Å². The quantitative estimate of drug-likeness (QED) is 0.888. The molecule has 0 spiro atoms. The van der Waals surface area contributed by atoms with Gasteiger partial charge in [0, 0.05) is 12.1 Å². The summed E-state index contributed by atoms with van der Waals surface area (Å²) in [5.74, 6) is 0.589. The molecular formula is C15H20N2O. The predicted octanol–water partition coefficient (Wildman–Crippen LogP) is 3.79. The fraction of sp³-hybridized carbons (Fsp3) is 0.400. The van der Waals surface area contributed by atoms with E-state index in [4.69, 9.17) is 0 Å². The van der Waals surface area contributed by atoms with Crippen LogP contribution in [-0.2, 0) is 6.54 Å². The second-order valence-corrected chi connectivity index (χ2v) is 4.83. The molecule has 0 fully saturated rings. The lowest BCUT2D eigenvalue weighted by Gasteiger charge is -2.08. The monoisotopic (exact) mass is 244 g/mol. The standard InChI is InChI=1S/C15H20N2O/c1-4-10-17-14(11(2)3)15(18)13(16-17)12-8-6-5-7-9-12/h5-9,11,18H,4,10H2,1-3H3. The summed E-state index contributed by atoms with van der Waals surface area (Å²) >= 11 is 0. The van der Waals surface area contributed by atoms with Crippen molar-refractivity contribution in [2.45, 2.75) is 39.7 Å². The number of aromatic hydroxyl groups is 1. The van der Waals surface area contributed by atoms with E-state index in [0.717, 1.165) is 24.2 Å². The minimum atomic E-state index is 0.265. The van der Waals surface area contributed by atoms with Crippen molar-refractivity contribution in [1.29, 1.82) is 0 Å². The molecule has 0 unspecified atom stereocenters. The SMILES string of the molecule is CCCn1nc(-c2ccccc2)c(O)c1C(C)C. The maximum atomic E-state index is 10.4. The summed E-state index contributed by atoms with van der Waals surface area (Å²) < 4.78 is 1.93. The summed E-state index contributed by atoms with van der Waals surface area (Å²) in [7, 11) is 0. The molecule has 0 saturated heterocycles. The van der Waals surface area contributed by atoms with Gasteiger partial charge in [-0.2, -0.15) is 5.10 Å². The van der Waals surface area contributed by atoms with Crippen molar-refractivity contribution in [2.24, 2.45) is 0 Å². The Morgan fingerprint density at radius 1 is 1.22 bits per heavy atom. The smallest absolute Gasteiger partial charge is 0.165 e. The van der Waals surface area contributed by atoms with E-state index in [1.165, 1.54) is 0 Å². The minimum Gasteiger partial charge on any atom is -0.504 e. The number of aromatic nitrogens is 2. The first kappa shape index (κ1) is 12.7. The van der Waals surface area contributed by atoms with Crippen LogP contribution in [0.4, 0.5) is 0 Å². The van der Waals surface area contributed by atoms with E-state index in [0.29, 0.717) is 11.4 Å². The van der Waals surface area contributed by atoms with Gasteiger partial charge in [-0.05, 0) is 12.3 Å². The molecule has 3 heteroatoms. The molecule has 0 atom stereocenters. The van der Waals surface area contributed by atoms with Crippen molar-refractivity contribution < 1.29 is 5.11 Å². The zero-order chi connectivity index (χ0) is 13.1. The molecule has 1 heterocycles. The van der Waals surface area contributed by atoms with Gasteiger partial charge in [0.05, 0.1) is 5.69 Å². The summed E-state index contributed by atoms with van der Waals surface area (Å²) in [6.45, 7) is 7.12. The lowest BCUT2D eigenvalue weighted by Crippen LogP contribution is -2.05. The molecule has 3 nitrogen and oxygen atoms in total. The first-order valence-corrected chi connectivity index (χ1v) is 6.50. The van der Waals surface area contributed by atoms with Gasteiger partial charge in [-0.15, -0.1) is 0 Å². The van der Waals surface area contributed by atoms with E-state index in [-0.39, 0.29) is 5.92 Å². The highest BCUT2D eigenvalue weighted by molar-refractivity contribution is 5.67. The van der Waals surface area contributed by atoms with E-state index in [1.54, 1.807) is 0 Å². The van der Waals surface area contributed by atoms with Crippen LogP contribution in [0.2, 0.25) is 0 Å². The molecule has 1 N–H and O–H groups in total. The molecule has 0 bridgehead atoms. The summed E-state index contributed by atoms with van der Waals surface area (Å²) in [5.41, 5.74) is 2.58. The Bertz CT molecular complexity index is 515. The lowest BCUT2D eigenvalue weighted by molar-refractivity contribution is 0.457. The van der Waals surface area contributed by atoms with Gasteiger partial charge < -0.3 is 5.11 Å². The highest BCUT2D eigenvalue weighted by Gasteiger charge is 2.20. The van der Waals surface area contributed by atoms with Crippen molar-refractivity contribution >= 4 is 0 Å². The Morgan fingerprint density at radius 3 is 2.44 bits per heavy atom. The van der Waals surface area contributed by atoms with E-state index in [1.807, 2.05) is 35.0 Å². The van der Waals surface area contributed by atoms with Crippen molar-refractivity contribution in [3.8, 4) is 17.0 Å². The Kier molecular flexibility index (Phi) is 3.70. The Hall–Kier alpha value is -1.77. The summed E-state index contributed by atoms with van der Waals surface area (Å²) in [6.07, 6.45) is 1.01. The second-order valence-electron chi connectivity index (χ2n) is 4.83. The number of rotatable bonds is 4. The molecule has 0 aliphatic carbocycles. The third-order valence-corrected chi connectivity index (χ3v) is 3.00. The van der Waals surface area contributed by atoms with Gasteiger partial charge in [0.25, 0.3) is 0 Å². The van der Waals surface area contributed by atoms with Crippen LogP contribution in [0.1, 0.15) is 38.8 Å². The van der Waals surface area contributed by atoms with Crippen molar-refractivity contribution in [3.63, 3.8) is 0 Å². The summed E-state index contributed by atoms with van der Waals surface area (Å²) in [5, 5.41) is 14.9. The third kappa shape index (κ3) is 2.26. The van der Waals surface area contributed by atoms with Gasteiger partial charge in [0.2, 0.25) is 0 Å². The first-order valence-electron chi connectivity index (χ1n) is 6.50. The number of nitrogens with zero attached hydrogens (tertiary/aromatic N) is 2. The molecule has 0 amide bonds. The molecule has 0 aliphatic rings. The molecule has 0 saturated carbocycles. The number of hydrogen-bond acceptors (Lipinski definition) is 2. The molecule has 96 valence electrons. The van der Waals surface area contributed by atoms with E-state index in [9.17, 15) is 5.11 Å². The zero-order valence-corrected chi connectivity index (χ0v) is 11.2. The van der Waals surface area contributed by atoms with E-state index < -0.39 is 0 Å². The summed E-state index contributed by atoms with van der Waals surface area (Å²) in [6, 6.07) is 9.84. The van der Waals surface area contributed by atoms with E-state index in [2.05, 4.69) is 25.9 Å². The normalized spacial score (nSPS) is 11.1. The molecule has 1 aromatic heterocycles. The summed E-state index contributed by atoms with van der Waals surface area (Å²) in [4.78, 5) is 0. The van der Waals surface area contributed by atoms with Crippen LogP contribution < -0.4 is 0 Å². The molecule has 2 aromatic rings. The average Bonchev–Trinajstić information content (AvgIpc) is 2.68. The minimum absolute atomic E-state index is 0.265. The fourth-order valence-corrected chi connectivity index (χ4v) is 2.21. The van der Waals surface area contributed by atoms with Gasteiger partial charge in [-0.1, -0.05) is 51.1 Å². The van der Waals surface area contributed by atoms with Crippen LogP contribution in [0.5, 0.6) is 5.75 Å². The van der Waals surface area contributed by atoms with Gasteiger partial charge in [0.15, 0.2) is 5.75 Å². The third-order valence-electron chi connectivity index (χ3n) is 3.00. The van der Waals surface area contributed by atoms with Crippen LogP contribution in [-0.4, -0.2) is 14.9 Å². The van der Waals surface area contributed by atoms with Crippen LogP contribution in [0.15, 0.2) is 30.3 Å². The lowest BCUT2D eigenvalue weighted by atomic mass is 10.1. The predicted molar refractivity (Wildman–Crippen MR) is 73.7 cm³/mol. The van der Waals surface area contributed by atoms with Crippen LogP contribution in [0.3, 0.4) is 0 Å². The fourth-order valence-electron chi connectivity index (χ4n) is 2.21. The maximum absolute atomic E-state index is 10.4. The van der Waals surface area contributed by atoms with Crippen LogP contribution >= 0.6 is 0 Å². The van der Waals surface area contributed by atoms with Gasteiger partial charge in [-0.3, -0.25) is 4.68 Å². The zero-order valence-electron chi connectivity index (χ0n) is 11.2. The van der Waals surface area contributed by atoms with E-state index >= 15 is 0 Å². The van der Waals surface area contributed by atoms with Crippen LogP contribution in [0.25, 0.3) is 11.3 Å². The molecule has 0 radical (unpaired) electrons. The first-order chi connectivity index (χ1) is 8.65. The van der Waals surface area contributed by atoms with Crippen molar-refractivity contribution in [1.82, 2.24) is 9.78 Å². The molecular weight excluding hydrogens is 224 g/mol. The highest BCUT2D eigenvalue weighted by Crippen LogP contribution is 2.35. The Labute approximate surface area is 108 Å². The number of hydrogen-bond donors (Lipinski definition) is 1. The average molecular weight is 244 g/mol. The number of aryl methyl sites for hydroxylation is 1. The number of benzene rings is 1. The largest absolute Gasteiger partial charge is 0.504 e. The second kappa shape index (κ2) is 5.25. The molecule has 0 aliphatic heterocycles. The Balaban J connectivity index is 2.53. The topological polar surface area (TPSA) is 38.0 Å². The highest BCUT2D eigenvalue weighted by atomic mass is 16.3. The molecule has 18 heavy (non-hydrogen) atoms.